The number of fused-ring (bicyclic) bond motifs is 2. The second-order valence-corrected chi connectivity index (χ2v) is 7.89. The van der Waals surface area contributed by atoms with Crippen molar-refractivity contribution in [3.8, 4) is 5.75 Å². The van der Waals surface area contributed by atoms with Gasteiger partial charge in [-0.15, -0.1) is 0 Å². The molecular weight excluding hydrogens is 314 g/mol. The van der Waals surface area contributed by atoms with Crippen molar-refractivity contribution >= 4 is 10.0 Å². The molecule has 0 aliphatic carbocycles. The number of benzene rings is 1. The molecule has 0 spiro atoms. The van der Waals surface area contributed by atoms with Gasteiger partial charge in [0.15, 0.2) is 0 Å². The molecule has 7 heteroatoms. The molecule has 2 aliphatic rings. The predicted molar refractivity (Wildman–Crippen MR) is 85.0 cm³/mol. The summed E-state index contributed by atoms with van der Waals surface area (Å²) in [5.74, 6) is 1.83. The van der Waals surface area contributed by atoms with Crippen LogP contribution in [0.1, 0.15) is 23.5 Å². The van der Waals surface area contributed by atoms with Crippen LogP contribution in [0.4, 0.5) is 0 Å². The van der Waals surface area contributed by atoms with Gasteiger partial charge in [-0.2, -0.15) is 0 Å². The summed E-state index contributed by atoms with van der Waals surface area (Å²) in [5, 5.41) is 0. The fraction of sp³-hybridized carbons (Fsp3) is 0.438. The van der Waals surface area contributed by atoms with Crippen molar-refractivity contribution in [1.29, 1.82) is 0 Å². The summed E-state index contributed by atoms with van der Waals surface area (Å²) >= 11 is 0. The topological polar surface area (TPSA) is 73.2 Å². The Labute approximate surface area is 135 Å². The van der Waals surface area contributed by atoms with E-state index in [0.717, 1.165) is 42.1 Å². The molecule has 2 aliphatic heterocycles. The highest BCUT2D eigenvalue weighted by Crippen LogP contribution is 2.28. The maximum atomic E-state index is 12.6. The molecule has 2 aromatic rings. The highest BCUT2D eigenvalue weighted by Gasteiger charge is 2.26. The minimum absolute atomic E-state index is 0.106. The van der Waals surface area contributed by atoms with Crippen molar-refractivity contribution in [2.45, 2.75) is 43.7 Å². The van der Waals surface area contributed by atoms with Gasteiger partial charge < -0.3 is 9.30 Å². The molecule has 0 saturated carbocycles. The highest BCUT2D eigenvalue weighted by atomic mass is 32.2. The standard InChI is InChI=1S/C16H19N3O3S/c1-11-9-19-10-13(2-5-16(19)17-11)18-23(20,21)14-3-4-15-12(8-14)6-7-22-15/h3-4,8-9,13,18H,2,5-7,10H2,1H3/t13-/m0/s1. The largest absolute Gasteiger partial charge is 0.493 e. The number of ether oxygens (including phenoxy) is 1. The third-order valence-corrected chi connectivity index (χ3v) is 5.92. The number of hydrogen-bond acceptors (Lipinski definition) is 4. The lowest BCUT2D eigenvalue weighted by atomic mass is 10.1. The number of hydrogen-bond donors (Lipinski definition) is 1. The van der Waals surface area contributed by atoms with Crippen molar-refractivity contribution < 1.29 is 13.2 Å². The molecular formula is C16H19N3O3S. The molecule has 0 amide bonds. The van der Waals surface area contributed by atoms with Crippen molar-refractivity contribution in [3.63, 3.8) is 0 Å². The third-order valence-electron chi connectivity index (χ3n) is 4.41. The van der Waals surface area contributed by atoms with Crippen LogP contribution in [-0.2, 0) is 29.4 Å². The summed E-state index contributed by atoms with van der Waals surface area (Å²) in [4.78, 5) is 4.77. The number of aryl methyl sites for hydroxylation is 2. The molecule has 1 N–H and O–H groups in total. The van der Waals surface area contributed by atoms with Gasteiger partial charge in [0, 0.05) is 31.6 Å². The van der Waals surface area contributed by atoms with Crippen molar-refractivity contribution in [3.05, 3.63) is 41.5 Å². The van der Waals surface area contributed by atoms with Crippen LogP contribution < -0.4 is 9.46 Å². The van der Waals surface area contributed by atoms with Crippen LogP contribution in [0.25, 0.3) is 0 Å². The summed E-state index contributed by atoms with van der Waals surface area (Å²) in [6.07, 6.45) is 4.30. The van der Waals surface area contributed by atoms with E-state index < -0.39 is 10.0 Å². The first-order valence-electron chi connectivity index (χ1n) is 7.82. The molecule has 0 unspecified atom stereocenters. The first-order valence-corrected chi connectivity index (χ1v) is 9.30. The summed E-state index contributed by atoms with van der Waals surface area (Å²) in [6, 6.07) is 4.97. The fourth-order valence-corrected chi connectivity index (χ4v) is 4.61. The summed E-state index contributed by atoms with van der Waals surface area (Å²) < 4.78 is 35.6. The Morgan fingerprint density at radius 3 is 3.09 bits per heavy atom. The van der Waals surface area contributed by atoms with E-state index in [4.69, 9.17) is 4.74 Å². The van der Waals surface area contributed by atoms with Gasteiger partial charge in [-0.3, -0.25) is 0 Å². The highest BCUT2D eigenvalue weighted by molar-refractivity contribution is 7.89. The molecule has 3 heterocycles. The van der Waals surface area contributed by atoms with E-state index in [1.54, 1.807) is 18.2 Å². The maximum absolute atomic E-state index is 12.6. The Balaban J connectivity index is 1.54. The first kappa shape index (κ1) is 14.7. The minimum Gasteiger partial charge on any atom is -0.493 e. The quantitative estimate of drug-likeness (QED) is 0.922. The predicted octanol–water partition coefficient (Wildman–Crippen LogP) is 1.42. The van der Waals surface area contributed by atoms with Crippen molar-refractivity contribution in [1.82, 2.24) is 14.3 Å². The van der Waals surface area contributed by atoms with Crippen LogP contribution in [0.2, 0.25) is 0 Å². The van der Waals surface area contributed by atoms with Gasteiger partial charge in [0.25, 0.3) is 0 Å². The molecule has 6 nitrogen and oxygen atoms in total. The number of imidazole rings is 1. The van der Waals surface area contributed by atoms with Gasteiger partial charge >= 0.3 is 0 Å². The Kier molecular flexibility index (Phi) is 3.42. The summed E-state index contributed by atoms with van der Waals surface area (Å²) in [7, 11) is -3.52. The average Bonchev–Trinajstić information content (AvgIpc) is 3.10. The van der Waals surface area contributed by atoms with E-state index in [9.17, 15) is 8.42 Å². The minimum atomic E-state index is -3.52. The van der Waals surface area contributed by atoms with E-state index in [0.29, 0.717) is 18.0 Å². The maximum Gasteiger partial charge on any atom is 0.240 e. The molecule has 0 bridgehead atoms. The van der Waals surface area contributed by atoms with E-state index in [-0.39, 0.29) is 6.04 Å². The zero-order valence-corrected chi connectivity index (χ0v) is 13.8. The monoisotopic (exact) mass is 333 g/mol. The molecule has 23 heavy (non-hydrogen) atoms. The summed E-state index contributed by atoms with van der Waals surface area (Å²) in [6.45, 7) is 3.21. The Morgan fingerprint density at radius 1 is 1.35 bits per heavy atom. The van der Waals surface area contributed by atoms with Crippen LogP contribution in [-0.4, -0.2) is 30.6 Å². The SMILES string of the molecule is Cc1cn2c(n1)CC[C@H](NS(=O)(=O)c1ccc3c(c1)CCO3)C2. The summed E-state index contributed by atoms with van der Waals surface area (Å²) in [5.41, 5.74) is 1.94. The molecule has 4 rings (SSSR count). The lowest BCUT2D eigenvalue weighted by molar-refractivity contribution is 0.356. The number of aromatic nitrogens is 2. The van der Waals surface area contributed by atoms with E-state index in [2.05, 4.69) is 9.71 Å². The van der Waals surface area contributed by atoms with Gasteiger partial charge in [-0.25, -0.2) is 18.1 Å². The van der Waals surface area contributed by atoms with Crippen LogP contribution in [0.3, 0.4) is 0 Å². The van der Waals surface area contributed by atoms with Gasteiger partial charge in [0.1, 0.15) is 11.6 Å². The van der Waals surface area contributed by atoms with Crippen molar-refractivity contribution in [2.24, 2.45) is 0 Å². The fourth-order valence-electron chi connectivity index (χ4n) is 3.30. The Morgan fingerprint density at radius 2 is 2.22 bits per heavy atom. The number of rotatable bonds is 3. The zero-order chi connectivity index (χ0) is 16.0. The zero-order valence-electron chi connectivity index (χ0n) is 12.9. The molecule has 0 saturated heterocycles. The van der Waals surface area contributed by atoms with Crippen LogP contribution in [0, 0.1) is 6.92 Å². The second-order valence-electron chi connectivity index (χ2n) is 6.18. The third kappa shape index (κ3) is 2.74. The lowest BCUT2D eigenvalue weighted by Gasteiger charge is -2.24. The van der Waals surface area contributed by atoms with Crippen molar-refractivity contribution in [2.75, 3.05) is 6.61 Å². The molecule has 1 aromatic carbocycles. The first-order chi connectivity index (χ1) is 11.0. The number of nitrogens with one attached hydrogen (secondary N) is 1. The molecule has 1 atom stereocenters. The Bertz CT molecular complexity index is 857. The van der Waals surface area contributed by atoms with Gasteiger partial charge in [0.05, 0.1) is 17.2 Å². The molecule has 122 valence electrons. The van der Waals surface area contributed by atoms with Crippen LogP contribution in [0.5, 0.6) is 5.75 Å². The van der Waals surface area contributed by atoms with E-state index >= 15 is 0 Å². The smallest absolute Gasteiger partial charge is 0.240 e. The number of nitrogens with zero attached hydrogens (tertiary/aromatic N) is 2. The van der Waals surface area contributed by atoms with E-state index in [1.807, 2.05) is 17.7 Å². The van der Waals surface area contributed by atoms with E-state index in [1.165, 1.54) is 0 Å². The Hall–Kier alpha value is -1.86. The average molecular weight is 333 g/mol. The normalized spacial score (nSPS) is 20.0. The van der Waals surface area contributed by atoms with Gasteiger partial charge in [-0.05, 0) is 37.1 Å². The van der Waals surface area contributed by atoms with Crippen LogP contribution in [0.15, 0.2) is 29.3 Å². The molecule has 0 radical (unpaired) electrons. The number of sulfonamides is 1. The molecule has 0 fully saturated rings. The second kappa shape index (κ2) is 5.35. The lowest BCUT2D eigenvalue weighted by Crippen LogP contribution is -2.40. The molecule has 1 aromatic heterocycles. The van der Waals surface area contributed by atoms with Crippen LogP contribution >= 0.6 is 0 Å². The van der Waals surface area contributed by atoms with Gasteiger partial charge in [-0.1, -0.05) is 0 Å². The van der Waals surface area contributed by atoms with Gasteiger partial charge in [0.2, 0.25) is 10.0 Å².